The maximum absolute atomic E-state index is 12.0. The summed E-state index contributed by atoms with van der Waals surface area (Å²) < 4.78 is 5.79. The summed E-state index contributed by atoms with van der Waals surface area (Å²) in [6, 6.07) is 21.7. The predicted molar refractivity (Wildman–Crippen MR) is 105 cm³/mol. The number of pyridine rings is 1. The van der Waals surface area contributed by atoms with E-state index in [0.29, 0.717) is 24.0 Å². The summed E-state index contributed by atoms with van der Waals surface area (Å²) in [4.78, 5) is 16.3. The predicted octanol–water partition coefficient (Wildman–Crippen LogP) is 4.30. The minimum atomic E-state index is -0.0588. The second-order valence-corrected chi connectivity index (χ2v) is 6.60. The largest absolute Gasteiger partial charge is 0.489 e. The fraction of sp³-hybridized carbons (Fsp3) is 0.182. The normalized spacial score (nSPS) is 13.0. The Balaban J connectivity index is 1.31. The molecule has 0 spiro atoms. The van der Waals surface area contributed by atoms with Gasteiger partial charge in [-0.25, -0.2) is 4.98 Å². The molecule has 1 aliphatic rings. The molecule has 2 aromatic carbocycles. The van der Waals surface area contributed by atoms with Crippen LogP contribution in [0, 0.1) is 0 Å². The number of carbonyl (C=O) groups excluding carboxylic acids is 1. The molecule has 1 saturated carbocycles. The SMILES string of the molecule is O=C(NC1CC1)c1ccc(Nc2ccc(OCc3ccccc3)cc2)nc1. The summed E-state index contributed by atoms with van der Waals surface area (Å²) in [6.45, 7) is 0.541. The molecule has 2 N–H and O–H groups in total. The molecule has 1 aromatic heterocycles. The van der Waals surface area contributed by atoms with Crippen LogP contribution in [-0.2, 0) is 6.61 Å². The summed E-state index contributed by atoms with van der Waals surface area (Å²) >= 11 is 0. The van der Waals surface area contributed by atoms with Gasteiger partial charge in [-0.15, -0.1) is 0 Å². The lowest BCUT2D eigenvalue weighted by Gasteiger charge is -2.09. The van der Waals surface area contributed by atoms with E-state index in [1.165, 1.54) is 0 Å². The Morgan fingerprint density at radius 1 is 1.00 bits per heavy atom. The molecule has 0 atom stereocenters. The summed E-state index contributed by atoms with van der Waals surface area (Å²) in [5.41, 5.74) is 2.62. The molecular weight excluding hydrogens is 338 g/mol. The molecule has 27 heavy (non-hydrogen) atoms. The molecule has 0 radical (unpaired) electrons. The Bertz CT molecular complexity index is 889. The molecule has 1 aliphatic carbocycles. The van der Waals surface area contributed by atoms with Crippen molar-refractivity contribution >= 4 is 17.4 Å². The van der Waals surface area contributed by atoms with Gasteiger partial charge in [0.1, 0.15) is 18.2 Å². The van der Waals surface area contributed by atoms with Crippen LogP contribution >= 0.6 is 0 Å². The lowest BCUT2D eigenvalue weighted by molar-refractivity contribution is 0.0951. The fourth-order valence-electron chi connectivity index (χ4n) is 2.62. The van der Waals surface area contributed by atoms with Crippen LogP contribution in [0.15, 0.2) is 72.9 Å². The molecule has 5 heteroatoms. The molecule has 1 heterocycles. The molecule has 1 amide bonds. The Hall–Kier alpha value is -3.34. The van der Waals surface area contributed by atoms with Gasteiger partial charge in [-0.3, -0.25) is 4.79 Å². The fourth-order valence-corrected chi connectivity index (χ4v) is 2.62. The first-order chi connectivity index (χ1) is 13.3. The van der Waals surface area contributed by atoms with Crippen LogP contribution < -0.4 is 15.4 Å². The van der Waals surface area contributed by atoms with E-state index in [1.807, 2.05) is 60.7 Å². The molecule has 0 saturated heterocycles. The van der Waals surface area contributed by atoms with Crippen LogP contribution in [-0.4, -0.2) is 16.9 Å². The van der Waals surface area contributed by atoms with Gasteiger partial charge in [-0.2, -0.15) is 0 Å². The highest BCUT2D eigenvalue weighted by Crippen LogP contribution is 2.21. The van der Waals surface area contributed by atoms with E-state index in [4.69, 9.17) is 4.74 Å². The van der Waals surface area contributed by atoms with Crippen molar-refractivity contribution in [1.82, 2.24) is 10.3 Å². The average Bonchev–Trinajstić information content (AvgIpc) is 3.53. The van der Waals surface area contributed by atoms with Gasteiger partial charge < -0.3 is 15.4 Å². The third-order valence-electron chi connectivity index (χ3n) is 4.31. The van der Waals surface area contributed by atoms with Crippen LogP contribution in [0.3, 0.4) is 0 Å². The van der Waals surface area contributed by atoms with Crippen molar-refractivity contribution in [2.45, 2.75) is 25.5 Å². The van der Waals surface area contributed by atoms with Crippen molar-refractivity contribution in [1.29, 1.82) is 0 Å². The summed E-state index contributed by atoms with van der Waals surface area (Å²) in [7, 11) is 0. The van der Waals surface area contributed by atoms with Crippen LogP contribution in [0.1, 0.15) is 28.8 Å². The minimum absolute atomic E-state index is 0.0588. The zero-order valence-electron chi connectivity index (χ0n) is 14.9. The van der Waals surface area contributed by atoms with Crippen molar-refractivity contribution < 1.29 is 9.53 Å². The first-order valence-corrected chi connectivity index (χ1v) is 9.07. The van der Waals surface area contributed by atoms with Gasteiger partial charge in [0.2, 0.25) is 0 Å². The molecule has 4 rings (SSSR count). The number of amides is 1. The van der Waals surface area contributed by atoms with E-state index in [9.17, 15) is 4.79 Å². The van der Waals surface area contributed by atoms with Crippen molar-refractivity contribution in [2.75, 3.05) is 5.32 Å². The third kappa shape index (κ3) is 4.85. The van der Waals surface area contributed by atoms with E-state index in [1.54, 1.807) is 12.3 Å². The van der Waals surface area contributed by atoms with Gasteiger partial charge in [0.15, 0.2) is 0 Å². The highest BCUT2D eigenvalue weighted by molar-refractivity contribution is 5.94. The van der Waals surface area contributed by atoms with Gasteiger partial charge in [-0.05, 0) is 54.8 Å². The number of carbonyl (C=O) groups is 1. The molecule has 136 valence electrons. The topological polar surface area (TPSA) is 63.2 Å². The van der Waals surface area contributed by atoms with Crippen LogP contribution in [0.5, 0.6) is 5.75 Å². The average molecular weight is 359 g/mol. The van der Waals surface area contributed by atoms with E-state index in [0.717, 1.165) is 29.8 Å². The molecule has 0 aliphatic heterocycles. The quantitative estimate of drug-likeness (QED) is 0.660. The first-order valence-electron chi connectivity index (χ1n) is 9.07. The van der Waals surface area contributed by atoms with Gasteiger partial charge in [0, 0.05) is 17.9 Å². The third-order valence-corrected chi connectivity index (χ3v) is 4.31. The number of anilines is 2. The van der Waals surface area contributed by atoms with Gasteiger partial charge >= 0.3 is 0 Å². The summed E-state index contributed by atoms with van der Waals surface area (Å²) in [5.74, 6) is 1.44. The van der Waals surface area contributed by atoms with Crippen molar-refractivity contribution in [3.8, 4) is 5.75 Å². The van der Waals surface area contributed by atoms with Crippen LogP contribution in [0.25, 0.3) is 0 Å². The van der Waals surface area contributed by atoms with E-state index < -0.39 is 0 Å². The molecule has 3 aromatic rings. The van der Waals surface area contributed by atoms with Gasteiger partial charge in [0.25, 0.3) is 5.91 Å². The number of hydrogen-bond acceptors (Lipinski definition) is 4. The molecule has 0 bridgehead atoms. The number of aromatic nitrogens is 1. The first kappa shape index (κ1) is 17.1. The maximum Gasteiger partial charge on any atom is 0.253 e. The van der Waals surface area contributed by atoms with E-state index in [-0.39, 0.29) is 5.91 Å². The molecular formula is C22H21N3O2. The van der Waals surface area contributed by atoms with Crippen molar-refractivity contribution in [3.63, 3.8) is 0 Å². The number of nitrogens with one attached hydrogen (secondary N) is 2. The van der Waals surface area contributed by atoms with Crippen LogP contribution in [0.2, 0.25) is 0 Å². The van der Waals surface area contributed by atoms with E-state index >= 15 is 0 Å². The second kappa shape index (κ2) is 7.91. The van der Waals surface area contributed by atoms with Crippen molar-refractivity contribution in [3.05, 3.63) is 84.1 Å². The number of hydrogen-bond donors (Lipinski definition) is 2. The van der Waals surface area contributed by atoms with Crippen molar-refractivity contribution in [2.24, 2.45) is 0 Å². The van der Waals surface area contributed by atoms with Gasteiger partial charge in [0.05, 0.1) is 5.56 Å². The zero-order chi connectivity index (χ0) is 18.5. The smallest absolute Gasteiger partial charge is 0.253 e. The summed E-state index contributed by atoms with van der Waals surface area (Å²) in [5, 5.41) is 6.18. The maximum atomic E-state index is 12.0. The standard InChI is InChI=1S/C22H21N3O2/c26-22(25-19-7-8-19)17-6-13-21(23-14-17)24-18-9-11-20(12-10-18)27-15-16-4-2-1-3-5-16/h1-6,9-14,19H,7-8,15H2,(H,23,24)(H,25,26). The second-order valence-electron chi connectivity index (χ2n) is 6.60. The lowest BCUT2D eigenvalue weighted by Crippen LogP contribution is -2.25. The molecule has 5 nitrogen and oxygen atoms in total. The molecule has 0 unspecified atom stereocenters. The number of ether oxygens (including phenoxy) is 1. The Kier molecular flexibility index (Phi) is 5.01. The Morgan fingerprint density at radius 3 is 2.44 bits per heavy atom. The Labute approximate surface area is 158 Å². The summed E-state index contributed by atoms with van der Waals surface area (Å²) in [6.07, 6.45) is 3.74. The number of nitrogens with zero attached hydrogens (tertiary/aromatic N) is 1. The zero-order valence-corrected chi connectivity index (χ0v) is 14.9. The number of benzene rings is 2. The van der Waals surface area contributed by atoms with Crippen LogP contribution in [0.4, 0.5) is 11.5 Å². The van der Waals surface area contributed by atoms with Gasteiger partial charge in [-0.1, -0.05) is 30.3 Å². The lowest BCUT2D eigenvalue weighted by atomic mass is 10.2. The Morgan fingerprint density at radius 2 is 1.78 bits per heavy atom. The number of rotatable bonds is 7. The highest BCUT2D eigenvalue weighted by Gasteiger charge is 2.23. The van der Waals surface area contributed by atoms with E-state index in [2.05, 4.69) is 15.6 Å². The highest BCUT2D eigenvalue weighted by atomic mass is 16.5. The monoisotopic (exact) mass is 359 g/mol. The minimum Gasteiger partial charge on any atom is -0.489 e. The molecule has 1 fully saturated rings.